The summed E-state index contributed by atoms with van der Waals surface area (Å²) in [5, 5.41) is 18.4. The van der Waals surface area contributed by atoms with Crippen LogP contribution in [0.4, 0.5) is 4.79 Å². The van der Waals surface area contributed by atoms with Crippen molar-refractivity contribution in [2.24, 2.45) is 0 Å². The van der Waals surface area contributed by atoms with Crippen molar-refractivity contribution < 1.29 is 24.5 Å². The molecule has 0 aromatic rings. The van der Waals surface area contributed by atoms with Crippen molar-refractivity contribution in [1.82, 2.24) is 4.90 Å². The smallest absolute Gasteiger partial charge is 0.407 e. The largest absolute Gasteiger partial charge is 0.466 e. The molecule has 1 aliphatic rings. The molecular formula is C11H19NO5. The van der Waals surface area contributed by atoms with Gasteiger partial charge in [0, 0.05) is 12.5 Å². The molecule has 0 saturated carbocycles. The Bertz CT molecular complexity index is 281. The number of hydrogen-bond acceptors (Lipinski definition) is 4. The van der Waals surface area contributed by atoms with Gasteiger partial charge in [0.15, 0.2) is 0 Å². The van der Waals surface area contributed by atoms with Gasteiger partial charge in [0.25, 0.3) is 0 Å². The number of hydrogen-bond donors (Lipinski definition) is 2. The number of carbonyl (C=O) groups excluding carboxylic acids is 1. The number of rotatable bonds is 4. The Balaban J connectivity index is 2.44. The van der Waals surface area contributed by atoms with E-state index in [0.29, 0.717) is 25.9 Å². The van der Waals surface area contributed by atoms with E-state index in [2.05, 4.69) is 0 Å². The fourth-order valence-corrected chi connectivity index (χ4v) is 2.06. The standard InChI is InChI=1S/C11H19NO5/c1-2-17-10(14)6-4-8-3-5-9(13)7-12(8)11(15)16/h8-9,13H,2-7H2,1H3,(H,15,16)/t8-,9+/m1/s1. The van der Waals surface area contributed by atoms with Crippen LogP contribution in [0.25, 0.3) is 0 Å². The average molecular weight is 245 g/mol. The number of carboxylic acid groups (broad SMARTS) is 1. The number of nitrogens with zero attached hydrogens (tertiary/aromatic N) is 1. The number of amides is 1. The molecule has 0 spiro atoms. The third-order valence-electron chi connectivity index (χ3n) is 2.91. The number of aliphatic hydroxyl groups is 1. The number of aliphatic hydroxyl groups excluding tert-OH is 1. The van der Waals surface area contributed by atoms with Crippen LogP contribution in [0.2, 0.25) is 0 Å². The lowest BCUT2D eigenvalue weighted by molar-refractivity contribution is -0.143. The minimum absolute atomic E-state index is 0.128. The van der Waals surface area contributed by atoms with Gasteiger partial charge in [-0.05, 0) is 26.2 Å². The molecule has 6 nitrogen and oxygen atoms in total. The van der Waals surface area contributed by atoms with Crippen molar-refractivity contribution in [3.8, 4) is 0 Å². The maximum atomic E-state index is 11.2. The number of carbonyl (C=O) groups is 2. The average Bonchev–Trinajstić information content (AvgIpc) is 2.27. The second-order valence-corrected chi connectivity index (χ2v) is 4.16. The molecule has 1 aliphatic heterocycles. The van der Waals surface area contributed by atoms with Crippen molar-refractivity contribution >= 4 is 12.1 Å². The molecule has 98 valence electrons. The van der Waals surface area contributed by atoms with E-state index in [-0.39, 0.29) is 25.0 Å². The van der Waals surface area contributed by atoms with Gasteiger partial charge in [-0.15, -0.1) is 0 Å². The molecule has 0 aromatic carbocycles. The van der Waals surface area contributed by atoms with Crippen LogP contribution in [0.15, 0.2) is 0 Å². The summed E-state index contributed by atoms with van der Waals surface area (Å²) in [4.78, 5) is 23.4. The number of piperidine rings is 1. The van der Waals surface area contributed by atoms with Gasteiger partial charge in [-0.25, -0.2) is 4.79 Å². The Kier molecular flexibility index (Phi) is 5.21. The molecule has 0 bridgehead atoms. The van der Waals surface area contributed by atoms with Crippen molar-refractivity contribution in [1.29, 1.82) is 0 Å². The van der Waals surface area contributed by atoms with E-state index in [1.807, 2.05) is 0 Å². The molecule has 1 saturated heterocycles. The summed E-state index contributed by atoms with van der Waals surface area (Å²) < 4.78 is 4.80. The third kappa shape index (κ3) is 4.22. The summed E-state index contributed by atoms with van der Waals surface area (Å²) >= 11 is 0. The zero-order valence-corrected chi connectivity index (χ0v) is 9.96. The summed E-state index contributed by atoms with van der Waals surface area (Å²) in [5.41, 5.74) is 0. The normalized spacial score (nSPS) is 24.5. The zero-order chi connectivity index (χ0) is 12.8. The molecule has 1 fully saturated rings. The van der Waals surface area contributed by atoms with Crippen LogP contribution in [-0.4, -0.2) is 52.5 Å². The van der Waals surface area contributed by atoms with Crippen LogP contribution in [0, 0.1) is 0 Å². The van der Waals surface area contributed by atoms with Crippen molar-refractivity contribution in [2.75, 3.05) is 13.2 Å². The van der Waals surface area contributed by atoms with Crippen LogP contribution < -0.4 is 0 Å². The van der Waals surface area contributed by atoms with Crippen LogP contribution in [0.5, 0.6) is 0 Å². The van der Waals surface area contributed by atoms with E-state index in [1.165, 1.54) is 4.90 Å². The highest BCUT2D eigenvalue weighted by atomic mass is 16.5. The molecule has 0 unspecified atom stereocenters. The first kappa shape index (κ1) is 13.8. The summed E-state index contributed by atoms with van der Waals surface area (Å²) in [6.07, 6.45) is 0.211. The summed E-state index contributed by atoms with van der Waals surface area (Å²) in [5.74, 6) is -0.302. The van der Waals surface area contributed by atoms with Gasteiger partial charge >= 0.3 is 12.1 Å². The van der Waals surface area contributed by atoms with Crippen molar-refractivity contribution in [3.05, 3.63) is 0 Å². The van der Waals surface area contributed by atoms with Crippen molar-refractivity contribution in [2.45, 2.75) is 44.8 Å². The minimum Gasteiger partial charge on any atom is -0.466 e. The van der Waals surface area contributed by atoms with Gasteiger partial charge in [0.2, 0.25) is 0 Å². The third-order valence-corrected chi connectivity index (χ3v) is 2.91. The molecule has 6 heteroatoms. The summed E-state index contributed by atoms with van der Waals surface area (Å²) in [7, 11) is 0. The maximum absolute atomic E-state index is 11.2. The zero-order valence-electron chi connectivity index (χ0n) is 9.96. The van der Waals surface area contributed by atoms with E-state index >= 15 is 0 Å². The highest BCUT2D eigenvalue weighted by Gasteiger charge is 2.30. The molecule has 2 atom stereocenters. The lowest BCUT2D eigenvalue weighted by Gasteiger charge is -2.35. The van der Waals surface area contributed by atoms with E-state index in [0.717, 1.165) is 0 Å². The van der Waals surface area contributed by atoms with E-state index in [1.54, 1.807) is 6.92 Å². The molecule has 2 N–H and O–H groups in total. The number of likely N-dealkylation sites (tertiary alicyclic amines) is 1. The van der Waals surface area contributed by atoms with Crippen LogP contribution in [0.1, 0.15) is 32.6 Å². The van der Waals surface area contributed by atoms with Crippen molar-refractivity contribution in [3.63, 3.8) is 0 Å². The molecule has 0 radical (unpaired) electrons. The number of ether oxygens (including phenoxy) is 1. The SMILES string of the molecule is CCOC(=O)CC[C@H]1CC[C@H](O)CN1C(=O)O. The first-order chi connectivity index (χ1) is 8.04. The maximum Gasteiger partial charge on any atom is 0.407 e. The lowest BCUT2D eigenvalue weighted by Crippen LogP contribution is -2.48. The van der Waals surface area contributed by atoms with E-state index < -0.39 is 12.2 Å². The second kappa shape index (κ2) is 6.44. The van der Waals surface area contributed by atoms with Gasteiger partial charge in [0.1, 0.15) is 0 Å². The molecule has 17 heavy (non-hydrogen) atoms. The van der Waals surface area contributed by atoms with E-state index in [9.17, 15) is 14.7 Å². The molecule has 1 rings (SSSR count). The van der Waals surface area contributed by atoms with Crippen LogP contribution >= 0.6 is 0 Å². The molecular weight excluding hydrogens is 226 g/mol. The van der Waals surface area contributed by atoms with Crippen LogP contribution in [-0.2, 0) is 9.53 Å². The number of β-amino-alcohol motifs (C(OH)–C–C–N with tert-alkyl or cyclic N) is 1. The predicted molar refractivity (Wildman–Crippen MR) is 59.6 cm³/mol. The molecule has 1 amide bonds. The Morgan fingerprint density at radius 3 is 2.71 bits per heavy atom. The Morgan fingerprint density at radius 2 is 2.12 bits per heavy atom. The highest BCUT2D eigenvalue weighted by Crippen LogP contribution is 2.21. The van der Waals surface area contributed by atoms with Crippen LogP contribution in [0.3, 0.4) is 0 Å². The summed E-state index contributed by atoms with van der Waals surface area (Å²) in [6, 6.07) is -0.194. The molecule has 0 aliphatic carbocycles. The first-order valence-corrected chi connectivity index (χ1v) is 5.87. The number of esters is 1. The van der Waals surface area contributed by atoms with E-state index in [4.69, 9.17) is 9.84 Å². The van der Waals surface area contributed by atoms with Gasteiger partial charge in [-0.3, -0.25) is 4.79 Å². The highest BCUT2D eigenvalue weighted by molar-refractivity contribution is 5.69. The minimum atomic E-state index is -1.04. The predicted octanol–water partition coefficient (Wildman–Crippen LogP) is 0.833. The quantitative estimate of drug-likeness (QED) is 0.716. The van der Waals surface area contributed by atoms with Gasteiger partial charge < -0.3 is 19.8 Å². The Morgan fingerprint density at radius 1 is 1.41 bits per heavy atom. The fourth-order valence-electron chi connectivity index (χ4n) is 2.06. The van der Waals surface area contributed by atoms with Gasteiger partial charge in [-0.2, -0.15) is 0 Å². The van der Waals surface area contributed by atoms with Gasteiger partial charge in [0.05, 0.1) is 19.3 Å². The molecule has 1 heterocycles. The Hall–Kier alpha value is -1.30. The summed E-state index contributed by atoms with van der Waals surface area (Å²) in [6.45, 7) is 2.20. The topological polar surface area (TPSA) is 87.1 Å². The molecule has 0 aromatic heterocycles. The first-order valence-electron chi connectivity index (χ1n) is 5.87. The second-order valence-electron chi connectivity index (χ2n) is 4.16. The fraction of sp³-hybridized carbons (Fsp3) is 0.818. The lowest BCUT2D eigenvalue weighted by atomic mass is 9.97. The monoisotopic (exact) mass is 245 g/mol. The Labute approximate surface area is 100 Å². The van der Waals surface area contributed by atoms with Gasteiger partial charge in [-0.1, -0.05) is 0 Å².